The topological polar surface area (TPSA) is 65.4 Å². The number of rotatable bonds is 4. The van der Waals surface area contributed by atoms with E-state index in [2.05, 4.69) is 37.1 Å². The summed E-state index contributed by atoms with van der Waals surface area (Å²) in [6, 6.07) is 12.7. The van der Waals surface area contributed by atoms with Crippen molar-refractivity contribution in [2.45, 2.75) is 26.3 Å². The molecule has 1 heterocycles. The van der Waals surface area contributed by atoms with Crippen molar-refractivity contribution in [3.8, 4) is 11.8 Å². The highest BCUT2D eigenvalue weighted by atomic mass is 35.5. The van der Waals surface area contributed by atoms with E-state index in [0.29, 0.717) is 22.0 Å². The number of nitrogens with zero attached hydrogens (tertiary/aromatic N) is 2. The van der Waals surface area contributed by atoms with Gasteiger partial charge in [0.15, 0.2) is 0 Å². The minimum absolute atomic E-state index is 0.0284. The van der Waals surface area contributed by atoms with E-state index >= 15 is 0 Å². The predicted molar refractivity (Wildman–Crippen MR) is 123 cm³/mol. The van der Waals surface area contributed by atoms with Gasteiger partial charge in [-0.05, 0) is 56.7 Å². The number of nitrogens with one attached hydrogen (secondary N) is 1. The van der Waals surface area contributed by atoms with Gasteiger partial charge >= 0.3 is 0 Å². The van der Waals surface area contributed by atoms with Crippen LogP contribution in [0.1, 0.15) is 31.9 Å². The van der Waals surface area contributed by atoms with Crippen LogP contribution >= 0.6 is 11.6 Å². The average Bonchev–Trinajstić information content (AvgIpc) is 2.69. The van der Waals surface area contributed by atoms with Crippen molar-refractivity contribution in [2.75, 3.05) is 24.4 Å². The third-order valence-electron chi connectivity index (χ3n) is 5.32. The zero-order valence-corrected chi connectivity index (χ0v) is 18.5. The molecule has 1 aliphatic rings. The van der Waals surface area contributed by atoms with Crippen LogP contribution in [0.4, 0.5) is 11.4 Å². The minimum Gasteiger partial charge on any atom is -0.496 e. The SMILES string of the molecule is COc1cc2c(cc1/C=C(\C#N)C(=O)Nc1cccc(Cl)c1)C(C)=CC(C)(C)N2C. The van der Waals surface area contributed by atoms with Crippen molar-refractivity contribution in [3.05, 3.63) is 64.2 Å². The van der Waals surface area contributed by atoms with Gasteiger partial charge in [0.25, 0.3) is 5.91 Å². The number of likely N-dealkylation sites (N-methyl/N-ethyl adjacent to an activating group) is 1. The van der Waals surface area contributed by atoms with Crippen LogP contribution in [-0.4, -0.2) is 25.6 Å². The van der Waals surface area contributed by atoms with Crippen molar-refractivity contribution in [2.24, 2.45) is 0 Å². The molecule has 0 saturated heterocycles. The van der Waals surface area contributed by atoms with Gasteiger partial charge in [0.05, 0.1) is 12.6 Å². The molecule has 0 fully saturated rings. The molecule has 30 heavy (non-hydrogen) atoms. The van der Waals surface area contributed by atoms with Crippen molar-refractivity contribution in [3.63, 3.8) is 0 Å². The smallest absolute Gasteiger partial charge is 0.266 e. The number of carbonyl (C=O) groups is 1. The maximum absolute atomic E-state index is 12.6. The molecule has 3 rings (SSSR count). The Bertz CT molecular complexity index is 1110. The standard InChI is InChI=1S/C24H24ClN3O2/c1-15-13-24(2,3)28(4)21-12-22(30-5)16(10-20(15)21)9-17(14-26)23(29)27-19-8-6-7-18(25)11-19/h6-13H,1-5H3,(H,27,29)/b17-9+. The molecule has 0 unspecified atom stereocenters. The second kappa shape index (κ2) is 8.25. The molecule has 1 aliphatic heterocycles. The lowest BCUT2D eigenvalue weighted by Gasteiger charge is -2.41. The Morgan fingerprint density at radius 3 is 2.67 bits per heavy atom. The van der Waals surface area contributed by atoms with Gasteiger partial charge in [-0.25, -0.2) is 0 Å². The lowest BCUT2D eigenvalue weighted by Crippen LogP contribution is -2.42. The number of hydrogen-bond donors (Lipinski definition) is 1. The molecule has 0 spiro atoms. The van der Waals surface area contributed by atoms with Crippen LogP contribution in [-0.2, 0) is 4.79 Å². The zero-order chi connectivity index (χ0) is 22.1. The average molecular weight is 422 g/mol. The first-order valence-electron chi connectivity index (χ1n) is 9.50. The second-order valence-corrected chi connectivity index (χ2v) is 8.22. The molecule has 2 aromatic rings. The fourth-order valence-electron chi connectivity index (χ4n) is 3.55. The predicted octanol–water partition coefficient (Wildman–Crippen LogP) is 5.53. The van der Waals surface area contributed by atoms with E-state index in [1.165, 1.54) is 0 Å². The molecule has 2 aromatic carbocycles. The van der Waals surface area contributed by atoms with E-state index in [-0.39, 0.29) is 11.1 Å². The Labute approximate surface area is 182 Å². The van der Waals surface area contributed by atoms with Crippen LogP contribution < -0.4 is 15.0 Å². The molecule has 0 atom stereocenters. The monoisotopic (exact) mass is 421 g/mol. The van der Waals surface area contributed by atoms with Crippen molar-refractivity contribution < 1.29 is 9.53 Å². The largest absolute Gasteiger partial charge is 0.496 e. The molecule has 154 valence electrons. The first kappa shape index (κ1) is 21.5. The molecule has 0 aliphatic carbocycles. The number of carbonyl (C=O) groups excluding carboxylic acids is 1. The Kier molecular flexibility index (Phi) is 5.91. The molecule has 1 N–H and O–H groups in total. The maximum atomic E-state index is 12.6. The molecular formula is C24H24ClN3O2. The summed E-state index contributed by atoms with van der Waals surface area (Å²) in [5.41, 5.74) is 4.23. The van der Waals surface area contributed by atoms with E-state index in [1.807, 2.05) is 25.2 Å². The van der Waals surface area contributed by atoms with E-state index < -0.39 is 5.91 Å². The van der Waals surface area contributed by atoms with Crippen molar-refractivity contribution in [1.29, 1.82) is 5.26 Å². The number of allylic oxidation sites excluding steroid dienone is 1. The minimum atomic E-state index is -0.509. The Morgan fingerprint density at radius 1 is 1.30 bits per heavy atom. The molecular weight excluding hydrogens is 398 g/mol. The van der Waals surface area contributed by atoms with Crippen LogP contribution in [0, 0.1) is 11.3 Å². The summed E-state index contributed by atoms with van der Waals surface area (Å²) in [5, 5.41) is 12.8. The third-order valence-corrected chi connectivity index (χ3v) is 5.55. The molecule has 0 bridgehead atoms. The zero-order valence-electron chi connectivity index (χ0n) is 17.7. The fraction of sp³-hybridized carbons (Fsp3) is 0.250. The summed E-state index contributed by atoms with van der Waals surface area (Å²) < 4.78 is 5.57. The van der Waals surface area contributed by atoms with E-state index in [9.17, 15) is 10.1 Å². The lowest BCUT2D eigenvalue weighted by atomic mass is 9.88. The summed E-state index contributed by atoms with van der Waals surface area (Å²) in [7, 11) is 3.61. The summed E-state index contributed by atoms with van der Waals surface area (Å²) in [4.78, 5) is 14.8. The van der Waals surface area contributed by atoms with Crippen LogP contribution in [0.5, 0.6) is 5.75 Å². The molecule has 1 amide bonds. The van der Waals surface area contributed by atoms with Crippen LogP contribution in [0.25, 0.3) is 11.6 Å². The van der Waals surface area contributed by atoms with Gasteiger partial charge in [-0.1, -0.05) is 23.7 Å². The first-order chi connectivity index (χ1) is 14.2. The van der Waals surface area contributed by atoms with E-state index in [1.54, 1.807) is 37.5 Å². The summed E-state index contributed by atoms with van der Waals surface area (Å²) >= 11 is 5.97. The quantitative estimate of drug-likeness (QED) is 0.521. The van der Waals surface area contributed by atoms with Gasteiger partial charge in [0.2, 0.25) is 0 Å². The highest BCUT2D eigenvalue weighted by Gasteiger charge is 2.29. The summed E-state index contributed by atoms with van der Waals surface area (Å²) in [5.74, 6) is 0.0828. The summed E-state index contributed by atoms with van der Waals surface area (Å²) in [6.07, 6.45) is 3.75. The molecule has 0 aromatic heterocycles. The van der Waals surface area contributed by atoms with Crippen LogP contribution in [0.15, 0.2) is 48.0 Å². The number of amides is 1. The number of nitriles is 1. The highest BCUT2D eigenvalue weighted by molar-refractivity contribution is 6.31. The van der Waals surface area contributed by atoms with Gasteiger partial charge in [-0.3, -0.25) is 4.79 Å². The van der Waals surface area contributed by atoms with Crippen LogP contribution in [0.3, 0.4) is 0 Å². The maximum Gasteiger partial charge on any atom is 0.266 e. The van der Waals surface area contributed by atoms with E-state index in [0.717, 1.165) is 16.8 Å². The summed E-state index contributed by atoms with van der Waals surface area (Å²) in [6.45, 7) is 6.35. The number of benzene rings is 2. The lowest BCUT2D eigenvalue weighted by molar-refractivity contribution is -0.112. The first-order valence-corrected chi connectivity index (χ1v) is 9.88. The number of methoxy groups -OCH3 is 1. The van der Waals surface area contributed by atoms with Crippen molar-refractivity contribution >= 4 is 40.5 Å². The fourth-order valence-corrected chi connectivity index (χ4v) is 3.74. The Hall–Kier alpha value is -3.23. The Morgan fingerprint density at radius 2 is 2.03 bits per heavy atom. The molecule has 0 radical (unpaired) electrons. The molecule has 5 nitrogen and oxygen atoms in total. The van der Waals surface area contributed by atoms with Gasteiger partial charge in [0.1, 0.15) is 17.4 Å². The molecule has 6 heteroatoms. The van der Waals surface area contributed by atoms with Gasteiger partial charge in [-0.15, -0.1) is 0 Å². The number of hydrogen-bond acceptors (Lipinski definition) is 4. The van der Waals surface area contributed by atoms with Gasteiger partial charge in [-0.2, -0.15) is 5.26 Å². The molecule has 0 saturated carbocycles. The number of halogens is 1. The van der Waals surface area contributed by atoms with Gasteiger partial charge in [0, 0.05) is 40.6 Å². The second-order valence-electron chi connectivity index (χ2n) is 7.79. The Balaban J connectivity index is 2.02. The third kappa shape index (κ3) is 4.19. The van der Waals surface area contributed by atoms with Crippen LogP contribution in [0.2, 0.25) is 5.02 Å². The van der Waals surface area contributed by atoms with E-state index in [4.69, 9.17) is 16.3 Å². The van der Waals surface area contributed by atoms with Gasteiger partial charge < -0.3 is 15.0 Å². The number of ether oxygens (including phenoxy) is 1. The number of anilines is 2. The normalized spacial score (nSPS) is 15.0. The number of fused-ring (bicyclic) bond motifs is 1. The highest BCUT2D eigenvalue weighted by Crippen LogP contribution is 2.41. The van der Waals surface area contributed by atoms with Crippen molar-refractivity contribution in [1.82, 2.24) is 0 Å².